The van der Waals surface area contributed by atoms with Crippen LogP contribution in [0.1, 0.15) is 38.5 Å². The molecule has 3 saturated heterocycles. The van der Waals surface area contributed by atoms with Gasteiger partial charge in [-0.05, 0) is 65.3 Å². The first kappa shape index (κ1) is 25.9. The molecule has 3 rings (SSSR count). The number of nitrogens with zero attached hydrogens (tertiary/aromatic N) is 4. The highest BCUT2D eigenvalue weighted by Crippen LogP contribution is 2.31. The Labute approximate surface area is 196 Å². The summed E-state index contributed by atoms with van der Waals surface area (Å²) in [6.45, 7) is 5.39. The van der Waals surface area contributed by atoms with Crippen molar-refractivity contribution in [2.75, 3.05) is 66.5 Å². The van der Waals surface area contributed by atoms with Gasteiger partial charge in [-0.3, -0.25) is 14.8 Å². The van der Waals surface area contributed by atoms with E-state index in [-0.39, 0.29) is 35.6 Å². The lowest BCUT2D eigenvalue weighted by molar-refractivity contribution is -0.143. The van der Waals surface area contributed by atoms with E-state index in [1.165, 1.54) is 24.2 Å². The molecule has 2 N–H and O–H groups in total. The molecule has 0 spiro atoms. The van der Waals surface area contributed by atoms with Crippen LogP contribution in [0.3, 0.4) is 0 Å². The number of piperidine rings is 2. The zero-order valence-corrected chi connectivity index (χ0v) is 20.6. The molecule has 30 heavy (non-hydrogen) atoms. The second-order valence-corrected chi connectivity index (χ2v) is 8.98. The third kappa shape index (κ3) is 7.37. The van der Waals surface area contributed by atoms with E-state index < -0.39 is 12.7 Å². The molecule has 0 radical (unpaired) electrons. The van der Waals surface area contributed by atoms with Crippen molar-refractivity contribution in [2.45, 2.75) is 56.3 Å². The SMILES string of the molecule is CN=C(NCC1(N2CCCCC2)CCN(C)CC1)NC1CCN(CC(F)(F)F)C1.I. The summed E-state index contributed by atoms with van der Waals surface area (Å²) in [4.78, 5) is 10.9. The lowest BCUT2D eigenvalue weighted by Crippen LogP contribution is -2.62. The van der Waals surface area contributed by atoms with Crippen molar-refractivity contribution in [3.05, 3.63) is 0 Å². The van der Waals surface area contributed by atoms with Gasteiger partial charge >= 0.3 is 6.18 Å². The normalized spacial score (nSPS) is 27.0. The van der Waals surface area contributed by atoms with Gasteiger partial charge in [0.2, 0.25) is 0 Å². The van der Waals surface area contributed by atoms with Crippen LogP contribution in [0, 0.1) is 0 Å². The van der Waals surface area contributed by atoms with Crippen molar-refractivity contribution in [3.63, 3.8) is 0 Å². The van der Waals surface area contributed by atoms with Crippen LogP contribution in [-0.4, -0.2) is 105 Å². The number of halogens is 4. The first-order valence-electron chi connectivity index (χ1n) is 11.0. The van der Waals surface area contributed by atoms with Gasteiger partial charge in [0.15, 0.2) is 5.96 Å². The molecule has 1 unspecified atom stereocenters. The summed E-state index contributed by atoms with van der Waals surface area (Å²) in [5.41, 5.74) is 0.141. The zero-order valence-electron chi connectivity index (χ0n) is 18.3. The smallest absolute Gasteiger partial charge is 0.355 e. The standard InChI is InChI=1S/C20H37F3N6.HI/c1-24-18(26-17-6-11-28(14-17)16-20(21,22)23)25-15-19(7-12-27(2)13-8-19)29-9-4-3-5-10-29;/h17H,3-16H2,1-2H3,(H2,24,25,26);1H. The van der Waals surface area contributed by atoms with Crippen LogP contribution in [-0.2, 0) is 0 Å². The Bertz CT molecular complexity index is 545. The van der Waals surface area contributed by atoms with Gasteiger partial charge in [0.1, 0.15) is 0 Å². The van der Waals surface area contributed by atoms with E-state index >= 15 is 0 Å². The number of aliphatic imine (C=N–C) groups is 1. The quantitative estimate of drug-likeness (QED) is 0.315. The first-order chi connectivity index (χ1) is 13.8. The van der Waals surface area contributed by atoms with Crippen LogP contribution >= 0.6 is 24.0 Å². The third-order valence-electron chi connectivity index (χ3n) is 6.77. The van der Waals surface area contributed by atoms with Gasteiger partial charge in [-0.1, -0.05) is 6.42 Å². The molecule has 10 heteroatoms. The summed E-state index contributed by atoms with van der Waals surface area (Å²) in [5, 5.41) is 6.87. The topological polar surface area (TPSA) is 46.1 Å². The largest absolute Gasteiger partial charge is 0.401 e. The average molecular weight is 546 g/mol. The highest BCUT2D eigenvalue weighted by Gasteiger charge is 2.40. The molecule has 0 aromatic rings. The molecule has 0 aromatic heterocycles. The van der Waals surface area contributed by atoms with E-state index in [4.69, 9.17) is 0 Å². The number of likely N-dealkylation sites (tertiary alicyclic amines) is 3. The minimum absolute atomic E-state index is 0. The number of hydrogen-bond donors (Lipinski definition) is 2. The number of hydrogen-bond acceptors (Lipinski definition) is 4. The summed E-state index contributed by atoms with van der Waals surface area (Å²) < 4.78 is 37.9. The Morgan fingerprint density at radius 3 is 2.33 bits per heavy atom. The molecule has 0 bridgehead atoms. The van der Waals surface area contributed by atoms with Gasteiger partial charge in [0.05, 0.1) is 6.54 Å². The lowest BCUT2D eigenvalue weighted by Gasteiger charge is -2.50. The van der Waals surface area contributed by atoms with E-state index in [0.29, 0.717) is 25.5 Å². The summed E-state index contributed by atoms with van der Waals surface area (Å²) >= 11 is 0. The molecule has 3 heterocycles. The highest BCUT2D eigenvalue weighted by atomic mass is 127. The minimum Gasteiger partial charge on any atom is -0.355 e. The van der Waals surface area contributed by atoms with Gasteiger partial charge in [0, 0.05) is 38.3 Å². The van der Waals surface area contributed by atoms with Crippen LogP contribution in [0.4, 0.5) is 13.2 Å². The maximum atomic E-state index is 12.6. The summed E-state index contributed by atoms with van der Waals surface area (Å²) in [7, 11) is 3.92. The van der Waals surface area contributed by atoms with Gasteiger partial charge in [0.25, 0.3) is 0 Å². The zero-order chi connectivity index (χ0) is 20.9. The number of rotatable bonds is 5. The Kier molecular flexibility index (Phi) is 9.95. The molecule has 1 atom stereocenters. The summed E-state index contributed by atoms with van der Waals surface area (Å²) in [6.07, 6.45) is 2.69. The average Bonchev–Trinajstić information content (AvgIpc) is 3.12. The molecular formula is C20H38F3IN6. The predicted molar refractivity (Wildman–Crippen MR) is 126 cm³/mol. The Morgan fingerprint density at radius 2 is 1.73 bits per heavy atom. The van der Waals surface area contributed by atoms with Crippen LogP contribution in [0.25, 0.3) is 0 Å². The molecule has 3 aliphatic heterocycles. The maximum Gasteiger partial charge on any atom is 0.401 e. The monoisotopic (exact) mass is 546 g/mol. The van der Waals surface area contributed by atoms with Crippen molar-refractivity contribution >= 4 is 29.9 Å². The molecule has 0 saturated carbocycles. The van der Waals surface area contributed by atoms with E-state index in [2.05, 4.69) is 32.5 Å². The molecule has 0 aromatic carbocycles. The van der Waals surface area contributed by atoms with E-state index in [0.717, 1.165) is 45.6 Å². The van der Waals surface area contributed by atoms with Gasteiger partial charge in [-0.25, -0.2) is 0 Å². The highest BCUT2D eigenvalue weighted by molar-refractivity contribution is 14.0. The van der Waals surface area contributed by atoms with Crippen LogP contribution < -0.4 is 10.6 Å². The number of nitrogens with one attached hydrogen (secondary N) is 2. The molecule has 3 aliphatic rings. The van der Waals surface area contributed by atoms with Gasteiger partial charge < -0.3 is 15.5 Å². The second kappa shape index (κ2) is 11.5. The number of alkyl halides is 3. The van der Waals surface area contributed by atoms with E-state index in [1.54, 1.807) is 7.05 Å². The molecular weight excluding hydrogens is 508 g/mol. The lowest BCUT2D eigenvalue weighted by atomic mass is 9.84. The van der Waals surface area contributed by atoms with Crippen LogP contribution in [0.15, 0.2) is 4.99 Å². The summed E-state index contributed by atoms with van der Waals surface area (Å²) in [6, 6.07) is 0.00646. The van der Waals surface area contributed by atoms with Crippen LogP contribution in [0.5, 0.6) is 0 Å². The van der Waals surface area contributed by atoms with Gasteiger partial charge in [-0.2, -0.15) is 13.2 Å². The van der Waals surface area contributed by atoms with Crippen LogP contribution in [0.2, 0.25) is 0 Å². The summed E-state index contributed by atoms with van der Waals surface area (Å²) in [5.74, 6) is 0.708. The molecule has 0 aliphatic carbocycles. The van der Waals surface area contributed by atoms with Crippen molar-refractivity contribution in [3.8, 4) is 0 Å². The van der Waals surface area contributed by atoms with Crippen molar-refractivity contribution < 1.29 is 13.2 Å². The van der Waals surface area contributed by atoms with Crippen molar-refractivity contribution in [1.29, 1.82) is 0 Å². The third-order valence-corrected chi connectivity index (χ3v) is 6.77. The van der Waals surface area contributed by atoms with Crippen molar-refractivity contribution in [1.82, 2.24) is 25.3 Å². The maximum absolute atomic E-state index is 12.6. The minimum atomic E-state index is -4.14. The van der Waals surface area contributed by atoms with E-state index in [9.17, 15) is 13.2 Å². The molecule has 0 amide bonds. The first-order valence-corrected chi connectivity index (χ1v) is 11.0. The predicted octanol–water partition coefficient (Wildman–Crippen LogP) is 2.36. The second-order valence-electron chi connectivity index (χ2n) is 8.98. The Morgan fingerprint density at radius 1 is 1.07 bits per heavy atom. The number of guanidine groups is 1. The van der Waals surface area contributed by atoms with Crippen molar-refractivity contribution in [2.24, 2.45) is 4.99 Å². The van der Waals surface area contributed by atoms with E-state index in [1.807, 2.05) is 0 Å². The fourth-order valence-corrected chi connectivity index (χ4v) is 4.99. The Balaban J connectivity index is 0.00000320. The fraction of sp³-hybridized carbons (Fsp3) is 0.950. The van der Waals surface area contributed by atoms with Gasteiger partial charge in [-0.15, -0.1) is 24.0 Å². The molecule has 176 valence electrons. The molecule has 6 nitrogen and oxygen atoms in total. The Hall–Kier alpha value is -0.330. The fourth-order valence-electron chi connectivity index (χ4n) is 4.99. The molecule has 3 fully saturated rings.